The smallest absolute Gasteiger partial charge is 0.191 e. The molecule has 0 bridgehead atoms. The second-order valence-corrected chi connectivity index (χ2v) is 6.29. The van der Waals surface area contributed by atoms with Crippen molar-refractivity contribution in [3.63, 3.8) is 0 Å². The third-order valence-corrected chi connectivity index (χ3v) is 3.37. The maximum absolute atomic E-state index is 5.59. The fourth-order valence-corrected chi connectivity index (χ4v) is 2.14. The molecule has 1 rings (SSSR count). The lowest BCUT2D eigenvalue weighted by atomic mass is 10.2. The van der Waals surface area contributed by atoms with Gasteiger partial charge in [-0.2, -0.15) is 0 Å². The summed E-state index contributed by atoms with van der Waals surface area (Å²) in [6.07, 6.45) is 4.43. The Morgan fingerprint density at radius 2 is 1.92 bits per heavy atom. The van der Waals surface area contributed by atoms with Crippen molar-refractivity contribution >= 4 is 29.9 Å². The van der Waals surface area contributed by atoms with Gasteiger partial charge in [0.15, 0.2) is 5.96 Å². The molecule has 152 valence electrons. The molecular weight excluding hydrogens is 445 g/mol. The SMILES string of the molecule is CCOCCCNC(=NCCCOCC(C)C)NCCc1ccco1.I. The summed E-state index contributed by atoms with van der Waals surface area (Å²) in [6.45, 7) is 11.8. The van der Waals surface area contributed by atoms with Crippen LogP contribution in [0.4, 0.5) is 0 Å². The van der Waals surface area contributed by atoms with Crippen LogP contribution >= 0.6 is 24.0 Å². The van der Waals surface area contributed by atoms with E-state index in [0.717, 1.165) is 77.0 Å². The molecule has 0 saturated heterocycles. The monoisotopic (exact) mass is 481 g/mol. The van der Waals surface area contributed by atoms with Gasteiger partial charge in [0.05, 0.1) is 6.26 Å². The van der Waals surface area contributed by atoms with Crippen molar-refractivity contribution in [2.45, 2.75) is 40.0 Å². The third-order valence-electron chi connectivity index (χ3n) is 3.37. The molecule has 1 aromatic heterocycles. The molecule has 0 spiro atoms. The van der Waals surface area contributed by atoms with Crippen LogP contribution in [-0.4, -0.2) is 52.0 Å². The largest absolute Gasteiger partial charge is 0.469 e. The Morgan fingerprint density at radius 1 is 1.15 bits per heavy atom. The van der Waals surface area contributed by atoms with Gasteiger partial charge >= 0.3 is 0 Å². The molecule has 0 atom stereocenters. The molecule has 0 aliphatic carbocycles. The lowest BCUT2D eigenvalue weighted by Crippen LogP contribution is -2.39. The first-order chi connectivity index (χ1) is 12.2. The molecule has 26 heavy (non-hydrogen) atoms. The predicted molar refractivity (Wildman–Crippen MR) is 118 cm³/mol. The zero-order chi connectivity index (χ0) is 18.2. The van der Waals surface area contributed by atoms with Gasteiger partial charge in [0.25, 0.3) is 0 Å². The van der Waals surface area contributed by atoms with E-state index < -0.39 is 0 Å². The first-order valence-electron chi connectivity index (χ1n) is 9.42. The van der Waals surface area contributed by atoms with Crippen LogP contribution in [0.15, 0.2) is 27.8 Å². The van der Waals surface area contributed by atoms with Gasteiger partial charge in [0, 0.05) is 52.5 Å². The van der Waals surface area contributed by atoms with E-state index in [-0.39, 0.29) is 24.0 Å². The second kappa shape index (κ2) is 17.6. The lowest BCUT2D eigenvalue weighted by molar-refractivity contribution is 0.109. The zero-order valence-corrected chi connectivity index (χ0v) is 18.8. The van der Waals surface area contributed by atoms with Crippen molar-refractivity contribution in [1.82, 2.24) is 10.6 Å². The molecule has 0 aliphatic heterocycles. The molecular formula is C19H36IN3O3. The van der Waals surface area contributed by atoms with E-state index >= 15 is 0 Å². The molecule has 0 radical (unpaired) electrons. The Hall–Kier alpha value is -0.800. The summed E-state index contributed by atoms with van der Waals surface area (Å²) in [5.41, 5.74) is 0. The molecule has 0 fully saturated rings. The minimum absolute atomic E-state index is 0. The molecule has 7 heteroatoms. The molecule has 0 unspecified atom stereocenters. The van der Waals surface area contributed by atoms with Gasteiger partial charge in [0.2, 0.25) is 0 Å². The summed E-state index contributed by atoms with van der Waals surface area (Å²) in [7, 11) is 0. The minimum Gasteiger partial charge on any atom is -0.469 e. The average molecular weight is 481 g/mol. The van der Waals surface area contributed by atoms with Crippen molar-refractivity contribution in [3.05, 3.63) is 24.2 Å². The van der Waals surface area contributed by atoms with Gasteiger partial charge in [0.1, 0.15) is 5.76 Å². The number of aliphatic imine (C=N–C) groups is 1. The molecule has 6 nitrogen and oxygen atoms in total. The number of hydrogen-bond donors (Lipinski definition) is 2. The average Bonchev–Trinajstić information content (AvgIpc) is 3.10. The van der Waals surface area contributed by atoms with Gasteiger partial charge in [-0.25, -0.2) is 0 Å². The maximum atomic E-state index is 5.59. The van der Waals surface area contributed by atoms with E-state index in [0.29, 0.717) is 5.92 Å². The van der Waals surface area contributed by atoms with E-state index in [4.69, 9.17) is 13.9 Å². The van der Waals surface area contributed by atoms with Gasteiger partial charge in [-0.3, -0.25) is 4.99 Å². The van der Waals surface area contributed by atoms with Crippen LogP contribution in [0.2, 0.25) is 0 Å². The fraction of sp³-hybridized carbons (Fsp3) is 0.737. The molecule has 1 aromatic rings. The van der Waals surface area contributed by atoms with Gasteiger partial charge < -0.3 is 24.5 Å². The van der Waals surface area contributed by atoms with E-state index in [1.54, 1.807) is 6.26 Å². The summed E-state index contributed by atoms with van der Waals surface area (Å²) in [5.74, 6) is 2.39. The topological polar surface area (TPSA) is 68.0 Å². The molecule has 0 saturated carbocycles. The first-order valence-corrected chi connectivity index (χ1v) is 9.42. The molecule has 0 amide bonds. The van der Waals surface area contributed by atoms with E-state index in [1.165, 1.54) is 0 Å². The summed E-state index contributed by atoms with van der Waals surface area (Å²) >= 11 is 0. The normalized spacial score (nSPS) is 11.5. The Balaban J connectivity index is 0.00000625. The van der Waals surface area contributed by atoms with Crippen LogP contribution in [0.5, 0.6) is 0 Å². The number of hydrogen-bond acceptors (Lipinski definition) is 4. The molecule has 2 N–H and O–H groups in total. The molecule has 1 heterocycles. The Kier molecular flexibility index (Phi) is 17.1. The maximum Gasteiger partial charge on any atom is 0.191 e. The predicted octanol–water partition coefficient (Wildman–Crippen LogP) is 3.46. The quantitative estimate of drug-likeness (QED) is 0.184. The fourth-order valence-electron chi connectivity index (χ4n) is 2.14. The molecule has 0 aromatic carbocycles. The van der Waals surface area contributed by atoms with Crippen LogP contribution < -0.4 is 10.6 Å². The number of rotatable bonds is 14. The third kappa shape index (κ3) is 14.4. The van der Waals surface area contributed by atoms with Crippen molar-refractivity contribution in [2.24, 2.45) is 10.9 Å². The van der Waals surface area contributed by atoms with Crippen LogP contribution in [0.3, 0.4) is 0 Å². The molecule has 0 aliphatic rings. The van der Waals surface area contributed by atoms with E-state index in [9.17, 15) is 0 Å². The number of nitrogens with one attached hydrogen (secondary N) is 2. The number of furan rings is 1. The zero-order valence-electron chi connectivity index (χ0n) is 16.5. The first kappa shape index (κ1) is 25.2. The summed E-state index contributed by atoms with van der Waals surface area (Å²) in [6, 6.07) is 3.90. The van der Waals surface area contributed by atoms with E-state index in [1.807, 2.05) is 19.1 Å². The van der Waals surface area contributed by atoms with Crippen molar-refractivity contribution in [3.8, 4) is 0 Å². The highest BCUT2D eigenvalue weighted by Crippen LogP contribution is 1.99. The number of ether oxygens (including phenoxy) is 2. The highest BCUT2D eigenvalue weighted by atomic mass is 127. The van der Waals surface area contributed by atoms with Gasteiger partial charge in [-0.05, 0) is 37.8 Å². The number of halogens is 1. The second-order valence-electron chi connectivity index (χ2n) is 6.29. The van der Waals surface area contributed by atoms with E-state index in [2.05, 4.69) is 29.5 Å². The van der Waals surface area contributed by atoms with Crippen LogP contribution in [0.1, 0.15) is 39.4 Å². The highest BCUT2D eigenvalue weighted by molar-refractivity contribution is 14.0. The van der Waals surface area contributed by atoms with Crippen LogP contribution in [-0.2, 0) is 15.9 Å². The standard InChI is InChI=1S/C19H35N3O3.HI/c1-4-23-13-6-10-20-19(21-11-7-14-24-16-17(2)3)22-12-9-18-8-5-15-25-18;/h5,8,15,17H,4,6-7,9-14,16H2,1-3H3,(H2,20,21,22);1H. The van der Waals surface area contributed by atoms with Crippen LogP contribution in [0, 0.1) is 5.92 Å². The highest BCUT2D eigenvalue weighted by Gasteiger charge is 2.01. The van der Waals surface area contributed by atoms with Crippen molar-refractivity contribution in [1.29, 1.82) is 0 Å². The number of guanidine groups is 1. The van der Waals surface area contributed by atoms with Crippen molar-refractivity contribution in [2.75, 3.05) is 46.1 Å². The Morgan fingerprint density at radius 3 is 2.62 bits per heavy atom. The van der Waals surface area contributed by atoms with Crippen LogP contribution in [0.25, 0.3) is 0 Å². The van der Waals surface area contributed by atoms with Gasteiger partial charge in [-0.1, -0.05) is 13.8 Å². The Labute approximate surface area is 175 Å². The number of nitrogens with zero attached hydrogens (tertiary/aromatic N) is 1. The van der Waals surface area contributed by atoms with Crippen molar-refractivity contribution < 1.29 is 13.9 Å². The Bertz CT molecular complexity index is 439. The summed E-state index contributed by atoms with van der Waals surface area (Å²) in [4.78, 5) is 4.62. The minimum atomic E-state index is 0. The summed E-state index contributed by atoms with van der Waals surface area (Å²) in [5, 5.41) is 6.71. The summed E-state index contributed by atoms with van der Waals surface area (Å²) < 4.78 is 16.3. The lowest BCUT2D eigenvalue weighted by Gasteiger charge is -2.12. The van der Waals surface area contributed by atoms with Gasteiger partial charge in [-0.15, -0.1) is 24.0 Å².